The number of para-hydroxylation sites is 1. The molecule has 0 bridgehead atoms. The molecule has 0 spiro atoms. The second kappa shape index (κ2) is 7.34. The molecule has 0 atom stereocenters. The highest BCUT2D eigenvalue weighted by Crippen LogP contribution is 2.36. The zero-order chi connectivity index (χ0) is 18.8. The number of carbonyl (C=O) groups excluding carboxylic acids is 2. The van der Waals surface area contributed by atoms with Gasteiger partial charge < -0.3 is 4.74 Å². The molecule has 1 aliphatic heterocycles. The Morgan fingerprint density at radius 2 is 1.65 bits per heavy atom. The maximum absolute atomic E-state index is 12.9. The first-order valence-corrected chi connectivity index (χ1v) is 8.85. The van der Waals surface area contributed by atoms with Crippen LogP contribution in [0.4, 0.5) is 5.69 Å². The van der Waals surface area contributed by atoms with Crippen LogP contribution in [0.2, 0.25) is 0 Å². The number of nitrogens with zero attached hydrogens (tertiary/aromatic N) is 1. The van der Waals surface area contributed by atoms with Crippen LogP contribution in [0.25, 0.3) is 5.57 Å². The van der Waals surface area contributed by atoms with Gasteiger partial charge in [0.05, 0.1) is 17.9 Å². The second-order valence-electron chi connectivity index (χ2n) is 6.65. The molecule has 1 aliphatic rings. The van der Waals surface area contributed by atoms with Crippen molar-refractivity contribution in [2.45, 2.75) is 20.8 Å². The van der Waals surface area contributed by atoms with Gasteiger partial charge in [-0.05, 0) is 42.2 Å². The predicted octanol–water partition coefficient (Wildman–Crippen LogP) is 4.55. The third-order valence-corrected chi connectivity index (χ3v) is 4.46. The van der Waals surface area contributed by atoms with E-state index in [0.29, 0.717) is 29.5 Å². The predicted molar refractivity (Wildman–Crippen MR) is 103 cm³/mol. The van der Waals surface area contributed by atoms with Gasteiger partial charge in [-0.2, -0.15) is 0 Å². The molecule has 0 fully saturated rings. The van der Waals surface area contributed by atoms with Crippen molar-refractivity contribution in [2.24, 2.45) is 5.92 Å². The minimum absolute atomic E-state index is 0.0610. The lowest BCUT2D eigenvalue weighted by molar-refractivity contribution is -0.119. The minimum atomic E-state index is -0.499. The molecule has 0 radical (unpaired) electrons. The van der Waals surface area contributed by atoms with E-state index in [9.17, 15) is 9.59 Å². The lowest BCUT2D eigenvalue weighted by atomic mass is 10.1. The summed E-state index contributed by atoms with van der Waals surface area (Å²) in [5, 5.41) is -0.0610. The maximum atomic E-state index is 12.9. The number of halogens is 1. The highest BCUT2D eigenvalue weighted by Gasteiger charge is 2.39. The highest BCUT2D eigenvalue weighted by molar-refractivity contribution is 6.60. The number of hydrogen-bond donors (Lipinski definition) is 0. The van der Waals surface area contributed by atoms with E-state index in [1.54, 1.807) is 36.4 Å². The normalized spacial score (nSPS) is 14.6. The Hall–Kier alpha value is -2.59. The van der Waals surface area contributed by atoms with Crippen molar-refractivity contribution in [3.63, 3.8) is 0 Å². The minimum Gasteiger partial charge on any atom is -0.493 e. The van der Waals surface area contributed by atoms with E-state index < -0.39 is 11.8 Å². The topological polar surface area (TPSA) is 46.6 Å². The molecule has 2 aromatic carbocycles. The Morgan fingerprint density at radius 1 is 1.00 bits per heavy atom. The first-order chi connectivity index (χ1) is 12.4. The van der Waals surface area contributed by atoms with Crippen molar-refractivity contribution in [2.75, 3.05) is 11.5 Å². The van der Waals surface area contributed by atoms with Crippen molar-refractivity contribution in [3.8, 4) is 5.75 Å². The number of benzene rings is 2. The number of rotatable bonds is 5. The molecule has 26 heavy (non-hydrogen) atoms. The lowest BCUT2D eigenvalue weighted by Gasteiger charge is -2.17. The van der Waals surface area contributed by atoms with Gasteiger partial charge in [0.25, 0.3) is 11.8 Å². The zero-order valence-electron chi connectivity index (χ0n) is 15.0. The summed E-state index contributed by atoms with van der Waals surface area (Å²) < 4.78 is 5.65. The van der Waals surface area contributed by atoms with Gasteiger partial charge in [-0.3, -0.25) is 9.59 Å². The molecule has 0 aromatic heterocycles. The Labute approximate surface area is 158 Å². The first-order valence-electron chi connectivity index (χ1n) is 8.47. The standard InChI is InChI=1S/C21H20ClNO3/c1-13(2)12-26-16-10-8-15(9-11-16)18-19(22)21(25)23(20(18)24)17-7-5-4-6-14(17)3/h4-11,13H,12H2,1-3H3. The van der Waals surface area contributed by atoms with Gasteiger partial charge in [-0.15, -0.1) is 0 Å². The number of hydrogen-bond acceptors (Lipinski definition) is 3. The van der Waals surface area contributed by atoms with Gasteiger partial charge in [0, 0.05) is 0 Å². The molecule has 4 nitrogen and oxygen atoms in total. The zero-order valence-corrected chi connectivity index (χ0v) is 15.7. The molecule has 0 saturated carbocycles. The largest absolute Gasteiger partial charge is 0.493 e. The van der Waals surface area contributed by atoms with E-state index in [4.69, 9.17) is 16.3 Å². The summed E-state index contributed by atoms with van der Waals surface area (Å²) in [5.74, 6) is 0.224. The molecular formula is C21H20ClNO3. The Balaban J connectivity index is 1.90. The average molecular weight is 370 g/mol. The van der Waals surface area contributed by atoms with Crippen molar-refractivity contribution in [1.82, 2.24) is 0 Å². The lowest BCUT2D eigenvalue weighted by Crippen LogP contribution is -2.31. The van der Waals surface area contributed by atoms with E-state index in [1.807, 2.05) is 19.1 Å². The number of ether oxygens (including phenoxy) is 1. The summed E-state index contributed by atoms with van der Waals surface area (Å²) in [5.41, 5.74) is 2.20. The maximum Gasteiger partial charge on any atom is 0.277 e. The van der Waals surface area contributed by atoms with E-state index in [2.05, 4.69) is 13.8 Å². The third-order valence-electron chi connectivity index (χ3n) is 4.11. The van der Waals surface area contributed by atoms with Crippen LogP contribution in [0.1, 0.15) is 25.0 Å². The van der Waals surface area contributed by atoms with Crippen molar-refractivity contribution >= 4 is 34.7 Å². The molecule has 134 valence electrons. The van der Waals surface area contributed by atoms with E-state index in [0.717, 1.165) is 10.5 Å². The summed E-state index contributed by atoms with van der Waals surface area (Å²) in [6.07, 6.45) is 0. The van der Waals surface area contributed by atoms with Crippen LogP contribution >= 0.6 is 11.6 Å². The van der Waals surface area contributed by atoms with Gasteiger partial charge in [0.1, 0.15) is 10.8 Å². The van der Waals surface area contributed by atoms with Gasteiger partial charge in [-0.1, -0.05) is 55.8 Å². The first kappa shape index (κ1) is 18.2. The molecule has 0 unspecified atom stereocenters. The van der Waals surface area contributed by atoms with Gasteiger partial charge in [-0.25, -0.2) is 4.90 Å². The fraction of sp³-hybridized carbons (Fsp3) is 0.238. The molecule has 0 aliphatic carbocycles. The second-order valence-corrected chi connectivity index (χ2v) is 7.03. The SMILES string of the molecule is Cc1ccccc1N1C(=O)C(Cl)=C(c2ccc(OCC(C)C)cc2)C1=O. The third kappa shape index (κ3) is 3.37. The Kier molecular flexibility index (Phi) is 5.14. The van der Waals surface area contributed by atoms with Crippen LogP contribution in [-0.2, 0) is 9.59 Å². The summed E-state index contributed by atoms with van der Waals surface area (Å²) in [4.78, 5) is 26.6. The Bertz CT molecular complexity index is 884. The number of carbonyl (C=O) groups is 2. The molecule has 5 heteroatoms. The molecule has 2 aromatic rings. The molecule has 0 N–H and O–H groups in total. The van der Waals surface area contributed by atoms with Crippen LogP contribution in [0.15, 0.2) is 53.6 Å². The summed E-state index contributed by atoms with van der Waals surface area (Å²) in [6.45, 7) is 6.60. The van der Waals surface area contributed by atoms with E-state index in [1.165, 1.54) is 0 Å². The molecular weight excluding hydrogens is 350 g/mol. The Morgan fingerprint density at radius 3 is 2.27 bits per heavy atom. The monoisotopic (exact) mass is 369 g/mol. The van der Waals surface area contributed by atoms with Crippen LogP contribution in [-0.4, -0.2) is 18.4 Å². The van der Waals surface area contributed by atoms with E-state index in [-0.39, 0.29) is 10.6 Å². The van der Waals surface area contributed by atoms with E-state index >= 15 is 0 Å². The fourth-order valence-electron chi connectivity index (χ4n) is 2.77. The van der Waals surface area contributed by atoms with Crippen molar-refractivity contribution in [3.05, 3.63) is 64.7 Å². The summed E-state index contributed by atoms with van der Waals surface area (Å²) >= 11 is 6.23. The van der Waals surface area contributed by atoms with Crippen LogP contribution in [0.3, 0.4) is 0 Å². The molecule has 3 rings (SSSR count). The smallest absolute Gasteiger partial charge is 0.277 e. The molecule has 2 amide bonds. The fourth-order valence-corrected chi connectivity index (χ4v) is 3.04. The van der Waals surface area contributed by atoms with Crippen LogP contribution in [0, 0.1) is 12.8 Å². The summed E-state index contributed by atoms with van der Waals surface area (Å²) in [7, 11) is 0. The highest BCUT2D eigenvalue weighted by atomic mass is 35.5. The van der Waals surface area contributed by atoms with Crippen molar-refractivity contribution < 1.29 is 14.3 Å². The molecule has 0 saturated heterocycles. The van der Waals surface area contributed by atoms with Crippen molar-refractivity contribution in [1.29, 1.82) is 0 Å². The van der Waals surface area contributed by atoms with Gasteiger partial charge in [0.2, 0.25) is 0 Å². The van der Waals surface area contributed by atoms with Gasteiger partial charge >= 0.3 is 0 Å². The van der Waals surface area contributed by atoms with Gasteiger partial charge in [0.15, 0.2) is 0 Å². The van der Waals surface area contributed by atoms with Crippen LogP contribution < -0.4 is 9.64 Å². The van der Waals surface area contributed by atoms with Crippen LogP contribution in [0.5, 0.6) is 5.75 Å². The number of anilines is 1. The number of amides is 2. The summed E-state index contributed by atoms with van der Waals surface area (Å²) in [6, 6.07) is 14.3. The number of aryl methyl sites for hydroxylation is 1. The average Bonchev–Trinajstić information content (AvgIpc) is 2.84. The molecule has 1 heterocycles. The number of imide groups is 1. The quantitative estimate of drug-likeness (QED) is 0.726.